The van der Waals surface area contributed by atoms with Gasteiger partial charge in [0.1, 0.15) is 6.04 Å². The molecule has 2 rings (SSSR count). The summed E-state index contributed by atoms with van der Waals surface area (Å²) in [4.78, 5) is 23.9. The molecule has 1 aromatic heterocycles. The molecule has 7 heteroatoms. The Balaban J connectivity index is 1.89. The molecule has 0 spiro atoms. The van der Waals surface area contributed by atoms with Crippen LogP contribution in [0.4, 0.5) is 10.6 Å². The lowest BCUT2D eigenvalue weighted by Gasteiger charge is -2.17. The van der Waals surface area contributed by atoms with E-state index >= 15 is 0 Å². The summed E-state index contributed by atoms with van der Waals surface area (Å²) in [6.45, 7) is 5.54. The highest BCUT2D eigenvalue weighted by molar-refractivity contribution is 5.92. The maximum absolute atomic E-state index is 12.0. The number of rotatable bonds is 6. The smallest absolute Gasteiger partial charge is 0.321 e. The van der Waals surface area contributed by atoms with E-state index < -0.39 is 12.1 Å². The molecule has 0 aliphatic carbocycles. The standard InChI is InChI=1S/C17H23N5O2/c1-4-12(2)18-16(23)13(3)19-17(24)20-15-10-11-22(21-15)14-8-6-5-7-9-14/h5-13H,4H2,1-3H3,(H,18,23)(H2,19,20,21,24)/t12-,13-/m1/s1. The van der Waals surface area contributed by atoms with E-state index in [-0.39, 0.29) is 11.9 Å². The van der Waals surface area contributed by atoms with Gasteiger partial charge in [-0.2, -0.15) is 0 Å². The van der Waals surface area contributed by atoms with Crippen molar-refractivity contribution >= 4 is 17.8 Å². The van der Waals surface area contributed by atoms with Crippen LogP contribution in [0.1, 0.15) is 27.2 Å². The predicted molar refractivity (Wildman–Crippen MR) is 93.1 cm³/mol. The van der Waals surface area contributed by atoms with Gasteiger partial charge in [0.2, 0.25) is 5.91 Å². The van der Waals surface area contributed by atoms with Crippen molar-refractivity contribution in [3.05, 3.63) is 42.6 Å². The van der Waals surface area contributed by atoms with Crippen LogP contribution < -0.4 is 16.0 Å². The predicted octanol–water partition coefficient (Wildman–Crippen LogP) is 2.30. The number of benzene rings is 1. The van der Waals surface area contributed by atoms with Crippen molar-refractivity contribution in [1.29, 1.82) is 0 Å². The van der Waals surface area contributed by atoms with Crippen molar-refractivity contribution in [2.75, 3.05) is 5.32 Å². The maximum Gasteiger partial charge on any atom is 0.321 e. The molecule has 0 aliphatic rings. The minimum Gasteiger partial charge on any atom is -0.352 e. The third-order valence-electron chi connectivity index (χ3n) is 3.59. The molecule has 0 bridgehead atoms. The van der Waals surface area contributed by atoms with E-state index in [1.165, 1.54) is 0 Å². The first-order chi connectivity index (χ1) is 11.5. The Morgan fingerprint density at radius 2 is 1.83 bits per heavy atom. The normalized spacial score (nSPS) is 13.0. The largest absolute Gasteiger partial charge is 0.352 e. The quantitative estimate of drug-likeness (QED) is 0.760. The number of hydrogen-bond donors (Lipinski definition) is 3. The summed E-state index contributed by atoms with van der Waals surface area (Å²) in [6.07, 6.45) is 2.59. The van der Waals surface area contributed by atoms with E-state index in [1.807, 2.05) is 44.2 Å². The van der Waals surface area contributed by atoms with E-state index in [0.717, 1.165) is 12.1 Å². The van der Waals surface area contributed by atoms with Crippen LogP contribution in [-0.2, 0) is 4.79 Å². The lowest BCUT2D eigenvalue weighted by molar-refractivity contribution is -0.123. The highest BCUT2D eigenvalue weighted by Gasteiger charge is 2.17. The van der Waals surface area contributed by atoms with E-state index in [1.54, 1.807) is 23.9 Å². The molecule has 0 radical (unpaired) electrons. The number of anilines is 1. The summed E-state index contributed by atoms with van der Waals surface area (Å²) in [5.41, 5.74) is 0.896. The number of nitrogens with zero attached hydrogens (tertiary/aromatic N) is 2. The lowest BCUT2D eigenvalue weighted by Crippen LogP contribution is -2.48. The summed E-state index contributed by atoms with van der Waals surface area (Å²) in [5, 5.41) is 12.3. The van der Waals surface area contributed by atoms with Crippen LogP contribution in [0.15, 0.2) is 42.6 Å². The molecule has 0 fully saturated rings. The first-order valence-electron chi connectivity index (χ1n) is 7.98. The number of nitrogens with one attached hydrogen (secondary N) is 3. The van der Waals surface area contributed by atoms with Crippen LogP contribution in [0.3, 0.4) is 0 Å². The van der Waals surface area contributed by atoms with Gasteiger partial charge in [-0.1, -0.05) is 25.1 Å². The van der Waals surface area contributed by atoms with Crippen molar-refractivity contribution in [1.82, 2.24) is 20.4 Å². The van der Waals surface area contributed by atoms with E-state index in [2.05, 4.69) is 21.0 Å². The number of aromatic nitrogens is 2. The molecule has 1 heterocycles. The Hall–Kier alpha value is -2.83. The molecule has 24 heavy (non-hydrogen) atoms. The van der Waals surface area contributed by atoms with Gasteiger partial charge in [0.25, 0.3) is 0 Å². The molecular formula is C17H23N5O2. The minimum absolute atomic E-state index is 0.0754. The van der Waals surface area contributed by atoms with Gasteiger partial charge in [0.05, 0.1) is 5.69 Å². The first-order valence-corrected chi connectivity index (χ1v) is 7.98. The SMILES string of the molecule is CC[C@@H](C)NC(=O)[C@@H](C)NC(=O)Nc1ccn(-c2ccccc2)n1. The van der Waals surface area contributed by atoms with E-state index in [4.69, 9.17) is 0 Å². The fourth-order valence-electron chi connectivity index (χ4n) is 2.00. The van der Waals surface area contributed by atoms with Gasteiger partial charge in [-0.25, -0.2) is 9.48 Å². The lowest BCUT2D eigenvalue weighted by atomic mass is 10.2. The van der Waals surface area contributed by atoms with Crippen molar-refractivity contribution < 1.29 is 9.59 Å². The molecule has 128 valence electrons. The average molecular weight is 329 g/mol. The van der Waals surface area contributed by atoms with Gasteiger partial charge in [0.15, 0.2) is 5.82 Å². The van der Waals surface area contributed by atoms with Gasteiger partial charge in [-0.05, 0) is 32.4 Å². The number of carbonyl (C=O) groups excluding carboxylic acids is 2. The Kier molecular flexibility index (Phi) is 5.95. The van der Waals surface area contributed by atoms with E-state index in [0.29, 0.717) is 5.82 Å². The number of hydrogen-bond acceptors (Lipinski definition) is 3. The van der Waals surface area contributed by atoms with E-state index in [9.17, 15) is 9.59 Å². The minimum atomic E-state index is -0.629. The Labute approximate surface area is 141 Å². The Morgan fingerprint density at radius 1 is 1.12 bits per heavy atom. The molecule has 7 nitrogen and oxygen atoms in total. The van der Waals surface area contributed by atoms with Gasteiger partial charge < -0.3 is 10.6 Å². The van der Waals surface area contributed by atoms with Crippen LogP contribution >= 0.6 is 0 Å². The number of amides is 3. The molecule has 0 saturated carbocycles. The average Bonchev–Trinajstić information content (AvgIpc) is 3.03. The molecule has 0 aliphatic heterocycles. The topological polar surface area (TPSA) is 88.0 Å². The highest BCUT2D eigenvalue weighted by Crippen LogP contribution is 2.09. The summed E-state index contributed by atoms with van der Waals surface area (Å²) in [7, 11) is 0. The van der Waals surface area contributed by atoms with Crippen molar-refractivity contribution in [2.45, 2.75) is 39.3 Å². The molecular weight excluding hydrogens is 306 g/mol. The third kappa shape index (κ3) is 4.84. The van der Waals surface area contributed by atoms with Crippen molar-refractivity contribution in [3.8, 4) is 5.69 Å². The molecule has 0 unspecified atom stereocenters. The second-order valence-corrected chi connectivity index (χ2v) is 5.62. The Morgan fingerprint density at radius 3 is 2.50 bits per heavy atom. The number of carbonyl (C=O) groups is 2. The summed E-state index contributed by atoms with van der Waals surface area (Å²) >= 11 is 0. The molecule has 3 N–H and O–H groups in total. The third-order valence-corrected chi connectivity index (χ3v) is 3.59. The van der Waals surface area contributed by atoms with Crippen LogP contribution in [0.25, 0.3) is 5.69 Å². The second kappa shape index (κ2) is 8.14. The van der Waals surface area contributed by atoms with Crippen molar-refractivity contribution in [3.63, 3.8) is 0 Å². The first kappa shape index (κ1) is 17.5. The maximum atomic E-state index is 12.0. The van der Waals surface area contributed by atoms with Gasteiger partial charge >= 0.3 is 6.03 Å². The molecule has 3 amide bonds. The number of urea groups is 1. The summed E-state index contributed by atoms with van der Waals surface area (Å²) in [6, 6.07) is 10.2. The van der Waals surface area contributed by atoms with Crippen LogP contribution in [-0.4, -0.2) is 33.8 Å². The van der Waals surface area contributed by atoms with Crippen molar-refractivity contribution in [2.24, 2.45) is 0 Å². The van der Waals surface area contributed by atoms with Crippen LogP contribution in [0, 0.1) is 0 Å². The van der Waals surface area contributed by atoms with Crippen LogP contribution in [0.5, 0.6) is 0 Å². The monoisotopic (exact) mass is 329 g/mol. The van der Waals surface area contributed by atoms with Gasteiger partial charge in [-0.15, -0.1) is 5.10 Å². The fourth-order valence-corrected chi connectivity index (χ4v) is 2.00. The molecule has 2 atom stereocenters. The Bertz CT molecular complexity index is 683. The van der Waals surface area contributed by atoms with Crippen LogP contribution in [0.2, 0.25) is 0 Å². The van der Waals surface area contributed by atoms with Gasteiger partial charge in [0, 0.05) is 18.3 Å². The van der Waals surface area contributed by atoms with Gasteiger partial charge in [-0.3, -0.25) is 10.1 Å². The number of para-hydroxylation sites is 1. The summed E-state index contributed by atoms with van der Waals surface area (Å²) in [5.74, 6) is 0.195. The molecule has 0 saturated heterocycles. The second-order valence-electron chi connectivity index (χ2n) is 5.62. The fraction of sp³-hybridized carbons (Fsp3) is 0.353. The molecule has 2 aromatic rings. The summed E-state index contributed by atoms with van der Waals surface area (Å²) < 4.78 is 1.66. The zero-order chi connectivity index (χ0) is 17.5. The zero-order valence-corrected chi connectivity index (χ0v) is 14.1. The highest BCUT2D eigenvalue weighted by atomic mass is 16.2. The molecule has 1 aromatic carbocycles. The zero-order valence-electron chi connectivity index (χ0n) is 14.1.